The van der Waals surface area contributed by atoms with E-state index in [0.29, 0.717) is 23.7 Å². The summed E-state index contributed by atoms with van der Waals surface area (Å²) in [4.78, 5) is 13.5. The molecule has 1 aromatic rings. The van der Waals surface area contributed by atoms with Crippen molar-refractivity contribution in [3.8, 4) is 0 Å². The van der Waals surface area contributed by atoms with E-state index in [1.54, 1.807) is 0 Å². The summed E-state index contributed by atoms with van der Waals surface area (Å²) in [6, 6.07) is 3.80. The fraction of sp³-hybridized carbons (Fsp3) is 0.632. The number of hydrogen-bond donors (Lipinski definition) is 2. The lowest BCUT2D eigenvalue weighted by molar-refractivity contribution is -0.139. The number of aryl methyl sites for hydroxylation is 3. The maximum Gasteiger partial charge on any atom is 0.317 e. The average molecular weight is 381 g/mol. The van der Waals surface area contributed by atoms with Crippen LogP contribution in [0.1, 0.15) is 42.4 Å². The minimum absolute atomic E-state index is 0.0385. The van der Waals surface area contributed by atoms with Crippen molar-refractivity contribution in [2.75, 3.05) is 13.1 Å². The molecule has 7 heteroatoms. The zero-order valence-electron chi connectivity index (χ0n) is 15.7. The van der Waals surface area contributed by atoms with Crippen molar-refractivity contribution < 1.29 is 18.3 Å². The Labute approximate surface area is 155 Å². The average Bonchev–Trinajstić information content (AvgIpc) is 3.23. The van der Waals surface area contributed by atoms with Gasteiger partial charge in [-0.3, -0.25) is 9.69 Å². The van der Waals surface area contributed by atoms with Crippen LogP contribution in [0.4, 0.5) is 0 Å². The molecule has 2 aliphatic rings. The molecule has 6 nitrogen and oxygen atoms in total. The molecule has 2 fully saturated rings. The van der Waals surface area contributed by atoms with E-state index in [2.05, 4.69) is 4.72 Å². The molecular formula is C19H28N2O4S. The highest BCUT2D eigenvalue weighted by molar-refractivity contribution is 7.89. The number of nitrogens with one attached hydrogen (secondary N) is 1. The Bertz CT molecular complexity index is 773. The highest BCUT2D eigenvalue weighted by Gasteiger charge is 2.39. The molecule has 3 rings (SSSR count). The van der Waals surface area contributed by atoms with E-state index in [1.807, 2.05) is 37.8 Å². The van der Waals surface area contributed by atoms with Crippen molar-refractivity contribution in [3.05, 3.63) is 28.8 Å². The number of benzene rings is 1. The summed E-state index contributed by atoms with van der Waals surface area (Å²) in [5.74, 6) is -0.205. The Kier molecular flexibility index (Phi) is 5.42. The third kappa shape index (κ3) is 4.45. The molecule has 2 aliphatic carbocycles. The first kappa shape index (κ1) is 19.3. The molecule has 0 heterocycles. The Balaban J connectivity index is 1.63. The predicted octanol–water partition coefficient (Wildman–Crippen LogP) is 2.22. The van der Waals surface area contributed by atoms with Gasteiger partial charge in [-0.25, -0.2) is 13.1 Å². The third-order valence-electron chi connectivity index (χ3n) is 5.35. The molecule has 0 spiro atoms. The second-order valence-electron chi connectivity index (χ2n) is 7.94. The van der Waals surface area contributed by atoms with Crippen molar-refractivity contribution in [1.82, 2.24) is 9.62 Å². The van der Waals surface area contributed by atoms with E-state index >= 15 is 0 Å². The Hall–Kier alpha value is -1.44. The molecule has 2 saturated carbocycles. The van der Waals surface area contributed by atoms with Gasteiger partial charge in [-0.15, -0.1) is 0 Å². The second kappa shape index (κ2) is 7.29. The van der Waals surface area contributed by atoms with E-state index in [9.17, 15) is 13.2 Å². The van der Waals surface area contributed by atoms with Gasteiger partial charge < -0.3 is 5.11 Å². The third-order valence-corrected chi connectivity index (χ3v) is 7.18. The minimum atomic E-state index is -3.57. The monoisotopic (exact) mass is 380 g/mol. The van der Waals surface area contributed by atoms with Crippen LogP contribution in [0.5, 0.6) is 0 Å². The van der Waals surface area contributed by atoms with Gasteiger partial charge in [-0.05, 0) is 63.5 Å². The number of aliphatic carboxylic acids is 1. The van der Waals surface area contributed by atoms with E-state index in [0.717, 1.165) is 23.2 Å². The van der Waals surface area contributed by atoms with Crippen LogP contribution in [0.2, 0.25) is 0 Å². The summed E-state index contributed by atoms with van der Waals surface area (Å²) in [6.45, 7) is 6.45. The standard InChI is InChI=1S/C19H28N2O4S/c1-12-6-13(2)19(14(3)7-12)26(24,25)20-16-8-17(9-16)21(11-18(22)23)10-15-4-5-15/h6-7,15-17,20H,4-5,8-11H2,1-3H3,(H,22,23). The molecule has 26 heavy (non-hydrogen) atoms. The lowest BCUT2D eigenvalue weighted by Crippen LogP contribution is -2.55. The van der Waals surface area contributed by atoms with Gasteiger partial charge in [0.2, 0.25) is 10.0 Å². The summed E-state index contributed by atoms with van der Waals surface area (Å²) in [6.07, 6.45) is 3.68. The maximum absolute atomic E-state index is 12.8. The Morgan fingerprint density at radius 3 is 2.27 bits per heavy atom. The van der Waals surface area contributed by atoms with Crippen molar-refractivity contribution in [3.63, 3.8) is 0 Å². The first-order valence-corrected chi connectivity index (χ1v) is 10.7. The molecule has 0 radical (unpaired) electrons. The van der Waals surface area contributed by atoms with E-state index < -0.39 is 16.0 Å². The fourth-order valence-electron chi connectivity index (χ4n) is 4.00. The van der Waals surface area contributed by atoms with Gasteiger partial charge >= 0.3 is 5.97 Å². The van der Waals surface area contributed by atoms with Gasteiger partial charge in [0.25, 0.3) is 0 Å². The SMILES string of the molecule is Cc1cc(C)c(S(=O)(=O)NC2CC(N(CC(=O)O)CC3CC3)C2)c(C)c1. The summed E-state index contributed by atoms with van der Waals surface area (Å²) in [7, 11) is -3.57. The zero-order valence-corrected chi connectivity index (χ0v) is 16.5. The van der Waals surface area contributed by atoms with E-state index in [1.165, 1.54) is 12.8 Å². The lowest BCUT2D eigenvalue weighted by Gasteiger charge is -2.42. The molecule has 144 valence electrons. The summed E-state index contributed by atoms with van der Waals surface area (Å²) >= 11 is 0. The highest BCUT2D eigenvalue weighted by atomic mass is 32.2. The molecule has 0 amide bonds. The number of carbonyl (C=O) groups is 1. The van der Waals surface area contributed by atoms with E-state index in [-0.39, 0.29) is 18.6 Å². The highest BCUT2D eigenvalue weighted by Crippen LogP contribution is 2.34. The van der Waals surface area contributed by atoms with Crippen LogP contribution in [0.25, 0.3) is 0 Å². The first-order valence-electron chi connectivity index (χ1n) is 9.21. The van der Waals surface area contributed by atoms with Gasteiger partial charge in [-0.1, -0.05) is 17.7 Å². The van der Waals surface area contributed by atoms with Crippen molar-refractivity contribution in [2.45, 2.75) is 63.4 Å². The zero-order chi connectivity index (χ0) is 19.1. The molecular weight excluding hydrogens is 352 g/mol. The second-order valence-corrected chi connectivity index (χ2v) is 9.59. The smallest absolute Gasteiger partial charge is 0.317 e. The number of hydrogen-bond acceptors (Lipinski definition) is 4. The lowest BCUT2D eigenvalue weighted by atomic mass is 9.86. The molecule has 0 saturated heterocycles. The largest absolute Gasteiger partial charge is 0.480 e. The van der Waals surface area contributed by atoms with Crippen LogP contribution in [-0.4, -0.2) is 49.6 Å². The summed E-state index contributed by atoms with van der Waals surface area (Å²) in [5.41, 5.74) is 2.56. The predicted molar refractivity (Wildman–Crippen MR) is 99.7 cm³/mol. The topological polar surface area (TPSA) is 86.7 Å². The summed E-state index contributed by atoms with van der Waals surface area (Å²) in [5, 5.41) is 9.12. The van der Waals surface area contributed by atoms with Crippen molar-refractivity contribution in [2.24, 2.45) is 5.92 Å². The van der Waals surface area contributed by atoms with Gasteiger partial charge in [0.05, 0.1) is 11.4 Å². The maximum atomic E-state index is 12.8. The van der Waals surface area contributed by atoms with Gasteiger partial charge in [-0.2, -0.15) is 0 Å². The molecule has 0 atom stereocenters. The number of sulfonamides is 1. The first-order chi connectivity index (χ1) is 12.2. The number of rotatable bonds is 8. The number of carboxylic acid groups (broad SMARTS) is 1. The minimum Gasteiger partial charge on any atom is -0.480 e. The molecule has 1 aromatic carbocycles. The normalized spacial score (nSPS) is 23.1. The fourth-order valence-corrected chi connectivity index (χ4v) is 5.71. The molecule has 0 aliphatic heterocycles. The molecule has 2 N–H and O–H groups in total. The van der Waals surface area contributed by atoms with Crippen molar-refractivity contribution >= 4 is 16.0 Å². The van der Waals surface area contributed by atoms with Crippen LogP contribution in [0, 0.1) is 26.7 Å². The molecule has 0 bridgehead atoms. The van der Waals surface area contributed by atoms with E-state index in [4.69, 9.17) is 5.11 Å². The molecule has 0 unspecified atom stereocenters. The van der Waals surface area contributed by atoms with Crippen LogP contribution < -0.4 is 4.72 Å². The van der Waals surface area contributed by atoms with Crippen LogP contribution in [-0.2, 0) is 14.8 Å². The van der Waals surface area contributed by atoms with Crippen LogP contribution >= 0.6 is 0 Å². The Morgan fingerprint density at radius 1 is 1.19 bits per heavy atom. The Morgan fingerprint density at radius 2 is 1.77 bits per heavy atom. The quantitative estimate of drug-likeness (QED) is 0.722. The molecule has 0 aromatic heterocycles. The van der Waals surface area contributed by atoms with Gasteiger partial charge in [0.15, 0.2) is 0 Å². The van der Waals surface area contributed by atoms with Crippen LogP contribution in [0.3, 0.4) is 0 Å². The number of nitrogens with zero attached hydrogens (tertiary/aromatic N) is 1. The van der Waals surface area contributed by atoms with Crippen LogP contribution in [0.15, 0.2) is 17.0 Å². The van der Waals surface area contributed by atoms with Crippen molar-refractivity contribution in [1.29, 1.82) is 0 Å². The summed E-state index contributed by atoms with van der Waals surface area (Å²) < 4.78 is 28.4. The number of carboxylic acids is 1. The van der Waals surface area contributed by atoms with Gasteiger partial charge in [0, 0.05) is 18.6 Å². The van der Waals surface area contributed by atoms with Gasteiger partial charge in [0.1, 0.15) is 0 Å².